The fourth-order valence-electron chi connectivity index (χ4n) is 3.74. The number of ether oxygens (including phenoxy) is 2. The fraction of sp³-hybridized carbons (Fsp3) is 0.300. The minimum Gasteiger partial charge on any atom is -0.489 e. The molecule has 7 nitrogen and oxygen atoms in total. The maximum atomic E-state index is 6.18. The Hall–Kier alpha value is -4.13. The number of rotatable bonds is 9. The molecular weight excluding hydrogens is 462 g/mol. The summed E-state index contributed by atoms with van der Waals surface area (Å²) < 4.78 is 12.2. The number of hydrogen-bond acceptors (Lipinski definition) is 5. The summed E-state index contributed by atoms with van der Waals surface area (Å²) in [6.45, 7) is 10.4. The van der Waals surface area contributed by atoms with Crippen LogP contribution in [0.2, 0.25) is 0 Å². The van der Waals surface area contributed by atoms with E-state index in [9.17, 15) is 0 Å². The van der Waals surface area contributed by atoms with Gasteiger partial charge in [0.15, 0.2) is 0 Å². The predicted octanol–water partition coefficient (Wildman–Crippen LogP) is 6.94. The van der Waals surface area contributed by atoms with E-state index in [1.54, 1.807) is 24.9 Å². The number of benzene rings is 2. The van der Waals surface area contributed by atoms with Crippen LogP contribution in [0.3, 0.4) is 0 Å². The second kappa shape index (κ2) is 13.3. The highest BCUT2D eigenvalue weighted by molar-refractivity contribution is 5.97. The molecule has 0 atom stereocenters. The lowest BCUT2D eigenvalue weighted by molar-refractivity contribution is 0.0986. The van der Waals surface area contributed by atoms with Crippen molar-refractivity contribution in [2.24, 2.45) is 10.7 Å². The van der Waals surface area contributed by atoms with Gasteiger partial charge in [0.1, 0.15) is 34.3 Å². The Labute approximate surface area is 219 Å². The van der Waals surface area contributed by atoms with Gasteiger partial charge in [-0.15, -0.1) is 0 Å². The van der Waals surface area contributed by atoms with Gasteiger partial charge in [-0.3, -0.25) is 4.98 Å². The van der Waals surface area contributed by atoms with Crippen molar-refractivity contribution in [3.8, 4) is 22.6 Å². The topological polar surface area (TPSA) is 98.4 Å². The predicted molar refractivity (Wildman–Crippen MR) is 150 cm³/mol. The van der Waals surface area contributed by atoms with Crippen LogP contribution in [0.25, 0.3) is 11.1 Å². The molecule has 0 saturated carbocycles. The Morgan fingerprint density at radius 1 is 1.03 bits per heavy atom. The van der Waals surface area contributed by atoms with Gasteiger partial charge in [0, 0.05) is 18.6 Å². The lowest BCUT2D eigenvalue weighted by Crippen LogP contribution is -2.27. The molecule has 2 aromatic heterocycles. The molecular formula is C30H37N5O2. The van der Waals surface area contributed by atoms with E-state index in [4.69, 9.17) is 15.2 Å². The third kappa shape index (κ3) is 8.79. The van der Waals surface area contributed by atoms with Gasteiger partial charge < -0.3 is 20.2 Å². The zero-order chi connectivity index (χ0) is 26.7. The van der Waals surface area contributed by atoms with E-state index in [0.29, 0.717) is 23.0 Å². The Kier molecular flexibility index (Phi) is 9.84. The molecule has 0 radical (unpaired) electrons. The highest BCUT2D eigenvalue weighted by Crippen LogP contribution is 2.35. The molecule has 37 heavy (non-hydrogen) atoms. The lowest BCUT2D eigenvalue weighted by Gasteiger charge is -2.26. The van der Waals surface area contributed by atoms with Crippen molar-refractivity contribution in [2.45, 2.75) is 59.2 Å². The first kappa shape index (κ1) is 27.5. The Morgan fingerprint density at radius 2 is 1.78 bits per heavy atom. The lowest BCUT2D eigenvalue weighted by atomic mass is 10.0. The van der Waals surface area contributed by atoms with Crippen LogP contribution < -0.4 is 15.2 Å². The van der Waals surface area contributed by atoms with Crippen molar-refractivity contribution in [3.63, 3.8) is 0 Å². The van der Waals surface area contributed by atoms with Crippen molar-refractivity contribution in [1.29, 1.82) is 0 Å². The summed E-state index contributed by atoms with van der Waals surface area (Å²) in [6, 6.07) is 19.7. The quantitative estimate of drug-likeness (QED) is 0.192. The molecule has 0 aliphatic heterocycles. The van der Waals surface area contributed by atoms with Gasteiger partial charge in [-0.25, -0.2) is 9.98 Å². The Bertz CT molecular complexity index is 1220. The highest BCUT2D eigenvalue weighted by atomic mass is 16.5. The summed E-state index contributed by atoms with van der Waals surface area (Å²) in [7, 11) is 0. The molecule has 7 heteroatoms. The summed E-state index contributed by atoms with van der Waals surface area (Å²) in [6.07, 6.45) is 8.88. The number of nitrogens with two attached hydrogens (primary N) is 1. The van der Waals surface area contributed by atoms with Crippen LogP contribution >= 0.6 is 0 Å². The van der Waals surface area contributed by atoms with Gasteiger partial charge in [-0.1, -0.05) is 37.6 Å². The maximum Gasteiger partial charge on any atom is 0.150 e. The summed E-state index contributed by atoms with van der Waals surface area (Å²) in [5.74, 6) is 1.90. The SMILES string of the molecule is CCCC(C)(C)Oc1ccc(-c2ccc(N=C(N)c3ccccn3)c(OC(C)C)c2)cc1.c1c[nH]cn1. The zero-order valence-electron chi connectivity index (χ0n) is 22.3. The molecule has 194 valence electrons. The van der Waals surface area contributed by atoms with E-state index < -0.39 is 0 Å². The van der Waals surface area contributed by atoms with Crippen LogP contribution in [0.15, 0.2) is 90.6 Å². The molecule has 0 amide bonds. The van der Waals surface area contributed by atoms with Gasteiger partial charge in [-0.2, -0.15) is 0 Å². The summed E-state index contributed by atoms with van der Waals surface area (Å²) in [5, 5.41) is 0. The van der Waals surface area contributed by atoms with E-state index in [-0.39, 0.29) is 11.7 Å². The van der Waals surface area contributed by atoms with Crippen LogP contribution in [0.5, 0.6) is 11.5 Å². The first-order valence-corrected chi connectivity index (χ1v) is 12.6. The van der Waals surface area contributed by atoms with Crippen molar-refractivity contribution >= 4 is 11.5 Å². The van der Waals surface area contributed by atoms with Gasteiger partial charge in [0.25, 0.3) is 0 Å². The van der Waals surface area contributed by atoms with Gasteiger partial charge >= 0.3 is 0 Å². The molecule has 2 aromatic carbocycles. The van der Waals surface area contributed by atoms with Crippen molar-refractivity contribution in [1.82, 2.24) is 15.0 Å². The van der Waals surface area contributed by atoms with Crippen LogP contribution in [-0.2, 0) is 0 Å². The van der Waals surface area contributed by atoms with Gasteiger partial charge in [0.2, 0.25) is 0 Å². The van der Waals surface area contributed by atoms with Crippen molar-refractivity contribution in [2.75, 3.05) is 0 Å². The van der Waals surface area contributed by atoms with E-state index in [0.717, 1.165) is 29.7 Å². The van der Waals surface area contributed by atoms with Crippen molar-refractivity contribution in [3.05, 3.63) is 91.3 Å². The zero-order valence-corrected chi connectivity index (χ0v) is 22.3. The third-order valence-corrected chi connectivity index (χ3v) is 5.33. The largest absolute Gasteiger partial charge is 0.489 e. The second-order valence-electron chi connectivity index (χ2n) is 9.46. The van der Waals surface area contributed by atoms with Crippen LogP contribution in [0.1, 0.15) is 53.2 Å². The number of hydrogen-bond donors (Lipinski definition) is 2. The fourth-order valence-corrected chi connectivity index (χ4v) is 3.74. The van der Waals surface area contributed by atoms with Crippen LogP contribution in [0.4, 0.5) is 5.69 Å². The number of imidazole rings is 1. The van der Waals surface area contributed by atoms with Crippen LogP contribution in [0, 0.1) is 0 Å². The minimum absolute atomic E-state index is 0.00634. The minimum atomic E-state index is -0.179. The van der Waals surface area contributed by atoms with E-state index in [1.165, 1.54) is 0 Å². The van der Waals surface area contributed by atoms with E-state index in [2.05, 4.69) is 52.8 Å². The summed E-state index contributed by atoms with van der Waals surface area (Å²) >= 11 is 0. The number of amidine groups is 1. The summed E-state index contributed by atoms with van der Waals surface area (Å²) in [5.41, 5.74) is 9.42. The molecule has 0 aliphatic carbocycles. The number of aromatic nitrogens is 3. The molecule has 4 aromatic rings. The molecule has 3 N–H and O–H groups in total. The first-order valence-electron chi connectivity index (χ1n) is 12.6. The number of H-pyrrole nitrogens is 1. The van der Waals surface area contributed by atoms with Gasteiger partial charge in [-0.05, 0) is 81.6 Å². The van der Waals surface area contributed by atoms with E-state index in [1.807, 2.05) is 62.4 Å². The summed E-state index contributed by atoms with van der Waals surface area (Å²) in [4.78, 5) is 15.3. The van der Waals surface area contributed by atoms with E-state index >= 15 is 0 Å². The first-order chi connectivity index (χ1) is 17.8. The number of aromatic amines is 1. The molecule has 2 heterocycles. The molecule has 0 unspecified atom stereocenters. The smallest absolute Gasteiger partial charge is 0.150 e. The number of nitrogens with zero attached hydrogens (tertiary/aromatic N) is 3. The van der Waals surface area contributed by atoms with Crippen LogP contribution in [-0.4, -0.2) is 32.5 Å². The maximum absolute atomic E-state index is 6.18. The Morgan fingerprint density at radius 3 is 2.35 bits per heavy atom. The Balaban J connectivity index is 0.000000678. The van der Waals surface area contributed by atoms with Gasteiger partial charge in [0.05, 0.1) is 12.4 Å². The van der Waals surface area contributed by atoms with Crippen molar-refractivity contribution < 1.29 is 9.47 Å². The average molecular weight is 500 g/mol. The third-order valence-electron chi connectivity index (χ3n) is 5.33. The standard InChI is InChI=1S/C27H33N3O2.C3H4N2/c1-6-16-27(4,5)32-22-13-10-20(11-14-22)21-12-15-23(25(18-21)31-19(2)3)30-26(28)24-9-7-8-17-29-24;1-2-5-3-4-1/h7-15,17-19H,6,16H2,1-5H3,(H2,28,30);1-3H,(H,4,5). The molecule has 0 fully saturated rings. The number of aliphatic imine (C=N–C) groups is 1. The molecule has 0 spiro atoms. The number of pyridine rings is 1. The molecule has 4 rings (SSSR count). The normalized spacial score (nSPS) is 11.6. The highest BCUT2D eigenvalue weighted by Gasteiger charge is 2.18. The number of nitrogens with one attached hydrogen (secondary N) is 1. The molecule has 0 bridgehead atoms. The average Bonchev–Trinajstić information content (AvgIpc) is 3.46. The monoisotopic (exact) mass is 499 g/mol. The molecule has 0 aliphatic rings. The molecule has 0 saturated heterocycles. The second-order valence-corrected chi connectivity index (χ2v) is 9.46.